The zero-order chi connectivity index (χ0) is 29.0. The number of terminal acetylenes is 1. The van der Waals surface area contributed by atoms with Gasteiger partial charge in [-0.3, -0.25) is 0 Å². The van der Waals surface area contributed by atoms with Gasteiger partial charge in [-0.2, -0.15) is 0 Å². The molecule has 0 aliphatic carbocycles. The van der Waals surface area contributed by atoms with Gasteiger partial charge in [-0.1, -0.05) is 134 Å². The zero-order valence-electron chi connectivity index (χ0n) is 24.4. The zero-order valence-corrected chi connectivity index (χ0v) is 24.4. The number of aryl methyl sites for hydroxylation is 2. The van der Waals surface area contributed by atoms with Gasteiger partial charge in [0.15, 0.2) is 0 Å². The molecule has 0 aliphatic heterocycles. The lowest BCUT2D eigenvalue weighted by molar-refractivity contribution is 1.29. The number of rotatable bonds is 4. The highest BCUT2D eigenvalue weighted by atomic mass is 15.1. The number of benzene rings is 6. The average Bonchev–Trinajstić information content (AvgIpc) is 3.05. The number of hydrogen-bond acceptors (Lipinski definition) is 1. The van der Waals surface area contributed by atoms with E-state index in [-0.39, 0.29) is 0 Å². The SMILES string of the molecule is C#Cc1ccc(C)cc1.CC.Cc1ccc(N(c2ccc(-c3ccccc3)cc2)c2cccc3ccccc23)cc1. The molecule has 0 spiro atoms. The van der Waals surface area contributed by atoms with E-state index in [2.05, 4.69) is 139 Å². The molecule has 0 bridgehead atoms. The minimum absolute atomic E-state index is 0.945. The maximum Gasteiger partial charge on any atom is 0.0540 e. The van der Waals surface area contributed by atoms with Gasteiger partial charge in [-0.05, 0) is 72.8 Å². The molecule has 0 heterocycles. The molecule has 41 heavy (non-hydrogen) atoms. The Morgan fingerprint density at radius 3 is 1.59 bits per heavy atom. The van der Waals surface area contributed by atoms with Gasteiger partial charge < -0.3 is 4.90 Å². The maximum atomic E-state index is 5.15. The smallest absolute Gasteiger partial charge is 0.0540 e. The van der Waals surface area contributed by atoms with Crippen LogP contribution < -0.4 is 4.90 Å². The summed E-state index contributed by atoms with van der Waals surface area (Å²) in [6.45, 7) is 8.17. The lowest BCUT2D eigenvalue weighted by atomic mass is 10.0. The second-order valence-corrected chi connectivity index (χ2v) is 9.59. The van der Waals surface area contributed by atoms with E-state index < -0.39 is 0 Å². The van der Waals surface area contributed by atoms with Crippen molar-refractivity contribution in [1.82, 2.24) is 0 Å². The topological polar surface area (TPSA) is 3.24 Å². The van der Waals surface area contributed by atoms with Crippen molar-refractivity contribution in [3.63, 3.8) is 0 Å². The molecule has 0 unspecified atom stereocenters. The van der Waals surface area contributed by atoms with E-state index in [1.165, 1.54) is 38.7 Å². The third-order valence-corrected chi connectivity index (χ3v) is 6.75. The van der Waals surface area contributed by atoms with Crippen LogP contribution in [0.1, 0.15) is 30.5 Å². The van der Waals surface area contributed by atoms with Crippen molar-refractivity contribution in [2.45, 2.75) is 27.7 Å². The summed E-state index contributed by atoms with van der Waals surface area (Å²) in [5.41, 5.74) is 9.39. The number of fused-ring (bicyclic) bond motifs is 1. The quantitative estimate of drug-likeness (QED) is 0.204. The molecule has 1 nitrogen and oxygen atoms in total. The van der Waals surface area contributed by atoms with Crippen LogP contribution in [0.15, 0.2) is 146 Å². The van der Waals surface area contributed by atoms with Gasteiger partial charge in [-0.25, -0.2) is 0 Å². The summed E-state index contributed by atoms with van der Waals surface area (Å²) in [5.74, 6) is 2.55. The summed E-state index contributed by atoms with van der Waals surface area (Å²) < 4.78 is 0. The maximum absolute atomic E-state index is 5.15. The number of nitrogens with zero attached hydrogens (tertiary/aromatic N) is 1. The molecule has 202 valence electrons. The first-order valence-corrected chi connectivity index (χ1v) is 14.2. The molecule has 1 heteroatoms. The molecule has 0 fully saturated rings. The van der Waals surface area contributed by atoms with Crippen molar-refractivity contribution in [2.75, 3.05) is 4.90 Å². The van der Waals surface area contributed by atoms with Crippen molar-refractivity contribution in [1.29, 1.82) is 0 Å². The molecule has 0 N–H and O–H groups in total. The highest BCUT2D eigenvalue weighted by molar-refractivity contribution is 5.98. The molecule has 0 saturated carbocycles. The summed E-state index contributed by atoms with van der Waals surface area (Å²) in [5, 5.41) is 2.49. The van der Waals surface area contributed by atoms with Crippen LogP contribution in [0.2, 0.25) is 0 Å². The summed E-state index contributed by atoms with van der Waals surface area (Å²) >= 11 is 0. The molecular weight excluding hydrogens is 494 g/mol. The second-order valence-electron chi connectivity index (χ2n) is 9.59. The van der Waals surface area contributed by atoms with Crippen LogP contribution in [-0.2, 0) is 0 Å². The van der Waals surface area contributed by atoms with Crippen LogP contribution in [0.5, 0.6) is 0 Å². The van der Waals surface area contributed by atoms with E-state index in [0.29, 0.717) is 0 Å². The van der Waals surface area contributed by atoms with E-state index in [1.807, 2.05) is 45.0 Å². The average molecular weight is 532 g/mol. The van der Waals surface area contributed by atoms with E-state index in [0.717, 1.165) is 16.9 Å². The van der Waals surface area contributed by atoms with Crippen LogP contribution in [0, 0.1) is 26.2 Å². The Hall–Kier alpha value is -5.06. The third kappa shape index (κ3) is 7.33. The summed E-state index contributed by atoms with van der Waals surface area (Å²) in [6.07, 6.45) is 5.15. The molecule has 0 amide bonds. The lowest BCUT2D eigenvalue weighted by Crippen LogP contribution is -2.10. The van der Waals surface area contributed by atoms with Crippen LogP contribution in [0.4, 0.5) is 17.1 Å². The molecule has 0 aromatic heterocycles. The minimum Gasteiger partial charge on any atom is -0.310 e. The first kappa shape index (κ1) is 28.9. The monoisotopic (exact) mass is 531 g/mol. The van der Waals surface area contributed by atoms with Gasteiger partial charge in [0.05, 0.1) is 5.69 Å². The fourth-order valence-electron chi connectivity index (χ4n) is 4.61. The Balaban J connectivity index is 0.000000299. The summed E-state index contributed by atoms with van der Waals surface area (Å²) in [6, 6.07) is 51.1. The van der Waals surface area contributed by atoms with Crippen molar-refractivity contribution < 1.29 is 0 Å². The fourth-order valence-corrected chi connectivity index (χ4v) is 4.61. The van der Waals surface area contributed by atoms with E-state index in [9.17, 15) is 0 Å². The van der Waals surface area contributed by atoms with E-state index in [1.54, 1.807) is 0 Å². The van der Waals surface area contributed by atoms with Crippen LogP contribution in [0.25, 0.3) is 21.9 Å². The predicted molar refractivity (Wildman–Crippen MR) is 179 cm³/mol. The highest BCUT2D eigenvalue weighted by Crippen LogP contribution is 2.39. The van der Waals surface area contributed by atoms with Crippen molar-refractivity contribution in [3.05, 3.63) is 162 Å². The number of anilines is 3. The second kappa shape index (κ2) is 14.4. The summed E-state index contributed by atoms with van der Waals surface area (Å²) in [4.78, 5) is 2.34. The minimum atomic E-state index is 0.945. The predicted octanol–water partition coefficient (Wildman–Crippen LogP) is 11.3. The van der Waals surface area contributed by atoms with Crippen molar-refractivity contribution in [3.8, 4) is 23.5 Å². The molecule has 6 aromatic carbocycles. The van der Waals surface area contributed by atoms with Gasteiger partial charge in [0.1, 0.15) is 0 Å². The van der Waals surface area contributed by atoms with Crippen molar-refractivity contribution in [2.24, 2.45) is 0 Å². The van der Waals surface area contributed by atoms with Gasteiger partial charge in [0.2, 0.25) is 0 Å². The normalized spacial score (nSPS) is 9.93. The molecule has 6 aromatic rings. The summed E-state index contributed by atoms with van der Waals surface area (Å²) in [7, 11) is 0. The first-order valence-electron chi connectivity index (χ1n) is 14.2. The van der Waals surface area contributed by atoms with E-state index in [4.69, 9.17) is 6.42 Å². The molecular formula is C40H37N. The Morgan fingerprint density at radius 1 is 0.488 bits per heavy atom. The molecule has 0 aliphatic rings. The van der Waals surface area contributed by atoms with Crippen molar-refractivity contribution >= 4 is 27.8 Å². The molecule has 6 rings (SSSR count). The Bertz CT molecular complexity index is 1680. The van der Waals surface area contributed by atoms with Crippen LogP contribution in [0.3, 0.4) is 0 Å². The fraction of sp³-hybridized carbons (Fsp3) is 0.100. The molecule has 0 radical (unpaired) electrons. The molecule has 0 atom stereocenters. The Labute approximate surface area is 245 Å². The largest absolute Gasteiger partial charge is 0.310 e. The Morgan fingerprint density at radius 2 is 0.976 bits per heavy atom. The van der Waals surface area contributed by atoms with Gasteiger partial charge >= 0.3 is 0 Å². The third-order valence-electron chi connectivity index (χ3n) is 6.75. The highest BCUT2D eigenvalue weighted by Gasteiger charge is 2.15. The number of hydrogen-bond donors (Lipinski definition) is 0. The lowest BCUT2D eigenvalue weighted by Gasteiger charge is -2.27. The standard InChI is InChI=1S/C29H23N.C9H8.C2H6/c1-22-14-18-26(19-15-22)30(29-13-7-11-25-10-5-6-12-28(25)29)27-20-16-24(17-21-27)23-8-3-2-4-9-23;1-3-9-6-4-8(2)5-7-9;1-2/h2-21H,1H3;1,4-7H,2H3;1-2H3. The van der Waals surface area contributed by atoms with Gasteiger partial charge in [0, 0.05) is 22.3 Å². The van der Waals surface area contributed by atoms with E-state index >= 15 is 0 Å². The van der Waals surface area contributed by atoms with Gasteiger partial charge in [-0.15, -0.1) is 6.42 Å². The Kier molecular flexibility index (Phi) is 10.1. The van der Waals surface area contributed by atoms with Crippen LogP contribution in [-0.4, -0.2) is 0 Å². The first-order chi connectivity index (χ1) is 20.1. The van der Waals surface area contributed by atoms with Crippen LogP contribution >= 0.6 is 0 Å². The molecule has 0 saturated heterocycles. The van der Waals surface area contributed by atoms with Gasteiger partial charge in [0.25, 0.3) is 0 Å².